The Morgan fingerprint density at radius 1 is 0.923 bits per heavy atom. The number of amides is 1. The number of rotatable bonds is 7. The molecule has 1 amide bonds. The van der Waals surface area contributed by atoms with E-state index in [1.54, 1.807) is 12.3 Å². The lowest BCUT2D eigenvalue weighted by atomic mass is 10.2. The van der Waals surface area contributed by atoms with Gasteiger partial charge in [-0.25, -0.2) is 19.3 Å². The van der Waals surface area contributed by atoms with E-state index >= 15 is 0 Å². The van der Waals surface area contributed by atoms with Gasteiger partial charge in [0.15, 0.2) is 0 Å². The number of hydrogen-bond acceptors (Lipinski definition) is 6. The minimum Gasteiger partial charge on any atom is -0.368 e. The van der Waals surface area contributed by atoms with Crippen LogP contribution in [0, 0.1) is 5.82 Å². The predicted octanol–water partition coefficient (Wildman–Crippen LogP) is 2.60. The molecule has 0 aliphatic rings. The molecule has 3 N–H and O–H groups in total. The van der Waals surface area contributed by atoms with Crippen LogP contribution < -0.4 is 16.0 Å². The zero-order valence-electron chi connectivity index (χ0n) is 13.8. The molecule has 0 bridgehead atoms. The SMILES string of the molecule is O=C(NCCNc1cc(Nc2ccccn2)ncn1)c1ccc(F)cc1. The van der Waals surface area contributed by atoms with E-state index in [0.29, 0.717) is 36.1 Å². The van der Waals surface area contributed by atoms with Crippen LogP contribution >= 0.6 is 0 Å². The number of nitrogens with one attached hydrogen (secondary N) is 3. The minimum absolute atomic E-state index is 0.257. The summed E-state index contributed by atoms with van der Waals surface area (Å²) < 4.78 is 12.9. The topological polar surface area (TPSA) is 91.8 Å². The Hall–Kier alpha value is -3.55. The summed E-state index contributed by atoms with van der Waals surface area (Å²) in [7, 11) is 0. The summed E-state index contributed by atoms with van der Waals surface area (Å²) >= 11 is 0. The van der Waals surface area contributed by atoms with Crippen molar-refractivity contribution >= 4 is 23.4 Å². The van der Waals surface area contributed by atoms with Gasteiger partial charge < -0.3 is 16.0 Å². The third kappa shape index (κ3) is 4.97. The highest BCUT2D eigenvalue weighted by Crippen LogP contribution is 2.13. The highest BCUT2D eigenvalue weighted by Gasteiger charge is 2.05. The summed E-state index contributed by atoms with van der Waals surface area (Å²) in [6.07, 6.45) is 3.12. The first kappa shape index (κ1) is 17.3. The van der Waals surface area contributed by atoms with Crippen molar-refractivity contribution in [2.24, 2.45) is 0 Å². The van der Waals surface area contributed by atoms with E-state index in [9.17, 15) is 9.18 Å². The molecule has 0 saturated heterocycles. The Labute approximate surface area is 149 Å². The minimum atomic E-state index is -0.373. The lowest BCUT2D eigenvalue weighted by molar-refractivity contribution is 0.0955. The van der Waals surface area contributed by atoms with Crippen molar-refractivity contribution in [1.29, 1.82) is 0 Å². The van der Waals surface area contributed by atoms with Gasteiger partial charge in [0, 0.05) is 30.9 Å². The first-order chi connectivity index (χ1) is 12.7. The highest BCUT2D eigenvalue weighted by molar-refractivity contribution is 5.94. The van der Waals surface area contributed by atoms with Crippen LogP contribution in [0.1, 0.15) is 10.4 Å². The average Bonchev–Trinajstić information content (AvgIpc) is 2.67. The van der Waals surface area contributed by atoms with Crippen molar-refractivity contribution in [3.05, 3.63) is 72.4 Å². The largest absolute Gasteiger partial charge is 0.368 e. The molecule has 7 nitrogen and oxygen atoms in total. The van der Waals surface area contributed by atoms with Crippen LogP contribution in [0.5, 0.6) is 0 Å². The van der Waals surface area contributed by atoms with Crippen molar-refractivity contribution in [3.8, 4) is 0 Å². The molecule has 3 rings (SSSR count). The van der Waals surface area contributed by atoms with Gasteiger partial charge in [-0.3, -0.25) is 4.79 Å². The second kappa shape index (κ2) is 8.52. The summed E-state index contributed by atoms with van der Waals surface area (Å²) in [5.41, 5.74) is 0.412. The van der Waals surface area contributed by atoms with Crippen LogP contribution in [0.2, 0.25) is 0 Å². The van der Waals surface area contributed by atoms with Gasteiger partial charge in [-0.05, 0) is 36.4 Å². The van der Waals surface area contributed by atoms with Crippen LogP contribution in [-0.2, 0) is 0 Å². The van der Waals surface area contributed by atoms with Gasteiger partial charge in [0.05, 0.1) is 0 Å². The molecular formula is C18H17FN6O. The summed E-state index contributed by atoms with van der Waals surface area (Å²) in [5.74, 6) is 1.28. The van der Waals surface area contributed by atoms with E-state index in [1.807, 2.05) is 18.2 Å². The van der Waals surface area contributed by atoms with Gasteiger partial charge in [0.2, 0.25) is 0 Å². The molecule has 26 heavy (non-hydrogen) atoms. The molecule has 1 aromatic carbocycles. The molecule has 0 saturated carbocycles. The third-order valence-electron chi connectivity index (χ3n) is 3.41. The van der Waals surface area contributed by atoms with Crippen molar-refractivity contribution in [3.63, 3.8) is 0 Å². The first-order valence-corrected chi connectivity index (χ1v) is 7.98. The smallest absolute Gasteiger partial charge is 0.251 e. The number of carbonyl (C=O) groups is 1. The van der Waals surface area contributed by atoms with Gasteiger partial charge in [0.25, 0.3) is 5.91 Å². The summed E-state index contributed by atoms with van der Waals surface area (Å²) in [6.45, 7) is 0.871. The van der Waals surface area contributed by atoms with Crippen LogP contribution in [0.4, 0.5) is 21.8 Å². The van der Waals surface area contributed by atoms with Gasteiger partial charge in [-0.2, -0.15) is 0 Å². The van der Waals surface area contributed by atoms with Gasteiger partial charge in [-0.1, -0.05) is 6.07 Å². The maximum Gasteiger partial charge on any atom is 0.251 e. The fraction of sp³-hybridized carbons (Fsp3) is 0.111. The molecular weight excluding hydrogens is 335 g/mol. The van der Waals surface area contributed by atoms with Gasteiger partial charge in [0.1, 0.15) is 29.6 Å². The zero-order valence-corrected chi connectivity index (χ0v) is 13.8. The fourth-order valence-electron chi connectivity index (χ4n) is 2.16. The van der Waals surface area contributed by atoms with E-state index in [2.05, 4.69) is 30.9 Å². The lowest BCUT2D eigenvalue weighted by Gasteiger charge is -2.09. The second-order valence-electron chi connectivity index (χ2n) is 5.32. The Kier molecular flexibility index (Phi) is 5.66. The van der Waals surface area contributed by atoms with Gasteiger partial charge >= 0.3 is 0 Å². The van der Waals surface area contributed by atoms with Crippen molar-refractivity contribution in [2.45, 2.75) is 0 Å². The molecule has 0 aliphatic heterocycles. The van der Waals surface area contributed by atoms with Crippen molar-refractivity contribution in [1.82, 2.24) is 20.3 Å². The molecule has 0 radical (unpaired) electrons. The number of carbonyl (C=O) groups excluding carboxylic acids is 1. The van der Waals surface area contributed by atoms with Crippen molar-refractivity contribution in [2.75, 3.05) is 23.7 Å². The zero-order chi connectivity index (χ0) is 18.2. The number of benzene rings is 1. The molecule has 2 aromatic heterocycles. The molecule has 3 aromatic rings. The fourth-order valence-corrected chi connectivity index (χ4v) is 2.16. The highest BCUT2D eigenvalue weighted by atomic mass is 19.1. The van der Waals surface area contributed by atoms with E-state index in [4.69, 9.17) is 0 Å². The summed E-state index contributed by atoms with van der Waals surface area (Å²) in [4.78, 5) is 24.4. The number of hydrogen-bond donors (Lipinski definition) is 3. The standard InChI is InChI=1S/C18H17FN6O/c19-14-6-4-13(5-7-14)18(26)22-10-9-21-16-11-17(24-12-23-16)25-15-3-1-2-8-20-15/h1-8,11-12H,9-10H2,(H,22,26)(H2,20,21,23,24,25). The number of pyridine rings is 1. The van der Waals surface area contributed by atoms with Crippen LogP contribution in [0.15, 0.2) is 61.1 Å². The average molecular weight is 352 g/mol. The van der Waals surface area contributed by atoms with Gasteiger partial charge in [-0.15, -0.1) is 0 Å². The number of halogens is 1. The molecule has 8 heteroatoms. The van der Waals surface area contributed by atoms with Crippen molar-refractivity contribution < 1.29 is 9.18 Å². The van der Waals surface area contributed by atoms with E-state index < -0.39 is 0 Å². The lowest BCUT2D eigenvalue weighted by Crippen LogP contribution is -2.28. The van der Waals surface area contributed by atoms with Crippen LogP contribution in [-0.4, -0.2) is 33.9 Å². The normalized spacial score (nSPS) is 10.2. The number of anilines is 3. The van der Waals surface area contributed by atoms with E-state index in [1.165, 1.54) is 30.6 Å². The molecule has 0 atom stereocenters. The number of nitrogens with zero attached hydrogens (tertiary/aromatic N) is 3. The first-order valence-electron chi connectivity index (χ1n) is 7.98. The summed E-state index contributed by atoms with van der Waals surface area (Å²) in [5, 5.41) is 8.93. The Balaban J connectivity index is 1.47. The molecule has 2 heterocycles. The molecule has 0 spiro atoms. The molecule has 132 valence electrons. The predicted molar refractivity (Wildman–Crippen MR) is 96.8 cm³/mol. The Morgan fingerprint density at radius 3 is 2.50 bits per heavy atom. The van der Waals surface area contributed by atoms with Crippen LogP contribution in [0.3, 0.4) is 0 Å². The maximum atomic E-state index is 12.9. The summed E-state index contributed by atoms with van der Waals surface area (Å²) in [6, 6.07) is 12.7. The monoisotopic (exact) mass is 352 g/mol. The Morgan fingerprint density at radius 2 is 1.73 bits per heavy atom. The maximum absolute atomic E-state index is 12.9. The second-order valence-corrected chi connectivity index (χ2v) is 5.32. The number of aromatic nitrogens is 3. The van der Waals surface area contributed by atoms with E-state index in [0.717, 1.165) is 0 Å². The van der Waals surface area contributed by atoms with E-state index in [-0.39, 0.29) is 11.7 Å². The van der Waals surface area contributed by atoms with Crippen LogP contribution in [0.25, 0.3) is 0 Å². The Bertz CT molecular complexity index is 857. The molecule has 0 fully saturated rings. The molecule has 0 unspecified atom stereocenters. The quantitative estimate of drug-likeness (QED) is 0.566. The third-order valence-corrected chi connectivity index (χ3v) is 3.41. The molecule has 0 aliphatic carbocycles.